The van der Waals surface area contributed by atoms with Crippen molar-refractivity contribution in [1.82, 2.24) is 5.32 Å². The highest BCUT2D eigenvalue weighted by molar-refractivity contribution is 5.77. The Morgan fingerprint density at radius 1 is 1.08 bits per heavy atom. The number of benzene rings is 2. The fourth-order valence-electron chi connectivity index (χ4n) is 2.65. The number of guanidine groups is 1. The first-order valence-electron chi connectivity index (χ1n) is 8.59. The summed E-state index contributed by atoms with van der Waals surface area (Å²) in [5.41, 5.74) is 8.18. The molecule has 4 nitrogen and oxygen atoms in total. The van der Waals surface area contributed by atoms with Gasteiger partial charge in [0, 0.05) is 6.54 Å². The quantitative estimate of drug-likeness (QED) is 0.606. The summed E-state index contributed by atoms with van der Waals surface area (Å²) in [5.74, 6) is 2.15. The molecular formula is C20H25N3O. The predicted octanol–water partition coefficient (Wildman–Crippen LogP) is 3.47. The Balaban J connectivity index is 1.48. The largest absolute Gasteiger partial charge is 0.489 e. The maximum Gasteiger partial charge on any atom is 0.188 e. The molecule has 0 saturated heterocycles. The van der Waals surface area contributed by atoms with Gasteiger partial charge in [-0.05, 0) is 42.0 Å². The highest BCUT2D eigenvalue weighted by atomic mass is 16.5. The van der Waals surface area contributed by atoms with Crippen LogP contribution in [0.3, 0.4) is 0 Å². The van der Waals surface area contributed by atoms with Crippen LogP contribution in [-0.4, -0.2) is 12.5 Å². The summed E-state index contributed by atoms with van der Waals surface area (Å²) in [6.07, 6.45) is 3.96. The third-order valence-electron chi connectivity index (χ3n) is 4.38. The zero-order chi connectivity index (χ0) is 16.6. The highest BCUT2D eigenvalue weighted by Gasteiger charge is 2.16. The number of nitrogens with zero attached hydrogens (tertiary/aromatic N) is 1. The third kappa shape index (κ3) is 5.01. The minimum atomic E-state index is 0.525. The average Bonchev–Trinajstić information content (AvgIpc) is 2.58. The van der Waals surface area contributed by atoms with Gasteiger partial charge in [-0.15, -0.1) is 0 Å². The molecule has 0 spiro atoms. The van der Waals surface area contributed by atoms with Gasteiger partial charge in [-0.2, -0.15) is 0 Å². The van der Waals surface area contributed by atoms with Gasteiger partial charge >= 0.3 is 0 Å². The van der Waals surface area contributed by atoms with Crippen molar-refractivity contribution in [3.8, 4) is 5.75 Å². The molecule has 24 heavy (non-hydrogen) atoms. The van der Waals surface area contributed by atoms with E-state index in [-0.39, 0.29) is 0 Å². The van der Waals surface area contributed by atoms with E-state index in [1.807, 2.05) is 42.5 Å². The lowest BCUT2D eigenvalue weighted by atomic mass is 9.85. The van der Waals surface area contributed by atoms with Crippen molar-refractivity contribution in [2.24, 2.45) is 16.6 Å². The number of nitrogens with two attached hydrogens (primary N) is 1. The number of ether oxygens (including phenoxy) is 1. The van der Waals surface area contributed by atoms with Crippen molar-refractivity contribution in [3.05, 3.63) is 65.7 Å². The van der Waals surface area contributed by atoms with Gasteiger partial charge in [0.15, 0.2) is 5.96 Å². The Morgan fingerprint density at radius 3 is 2.62 bits per heavy atom. The second kappa shape index (κ2) is 8.39. The van der Waals surface area contributed by atoms with Gasteiger partial charge in [0.1, 0.15) is 12.4 Å². The second-order valence-corrected chi connectivity index (χ2v) is 6.30. The first-order chi connectivity index (χ1) is 11.8. The van der Waals surface area contributed by atoms with E-state index in [1.54, 1.807) is 0 Å². The Morgan fingerprint density at radius 2 is 1.88 bits per heavy atom. The zero-order valence-corrected chi connectivity index (χ0v) is 13.9. The molecule has 0 atom stereocenters. The molecule has 2 aromatic rings. The van der Waals surface area contributed by atoms with E-state index in [9.17, 15) is 0 Å². The number of hydrogen-bond donors (Lipinski definition) is 2. The molecule has 0 radical (unpaired) electrons. The SMILES string of the molecule is NC(=NCc1cccc(OCc2ccccc2)c1)NCC1CCC1. The van der Waals surface area contributed by atoms with E-state index < -0.39 is 0 Å². The van der Waals surface area contributed by atoms with Crippen LogP contribution in [0.1, 0.15) is 30.4 Å². The molecule has 1 saturated carbocycles. The summed E-state index contributed by atoms with van der Waals surface area (Å²) in [4.78, 5) is 4.41. The molecular weight excluding hydrogens is 298 g/mol. The predicted molar refractivity (Wildman–Crippen MR) is 97.9 cm³/mol. The number of rotatable bonds is 7. The highest BCUT2D eigenvalue weighted by Crippen LogP contribution is 2.25. The lowest BCUT2D eigenvalue weighted by Crippen LogP contribution is -2.37. The normalized spacial score (nSPS) is 14.9. The van der Waals surface area contributed by atoms with Gasteiger partial charge in [0.25, 0.3) is 0 Å². The molecule has 1 fully saturated rings. The standard InChI is InChI=1S/C20H25N3O/c21-20(22-13-16-8-4-9-16)23-14-18-10-5-11-19(12-18)24-15-17-6-2-1-3-7-17/h1-3,5-7,10-12,16H,4,8-9,13-15H2,(H3,21,22,23). The van der Waals surface area contributed by atoms with Crippen LogP contribution in [0, 0.1) is 5.92 Å². The Kier molecular flexibility index (Phi) is 5.72. The molecule has 0 bridgehead atoms. The molecule has 0 heterocycles. The third-order valence-corrected chi connectivity index (χ3v) is 4.38. The molecule has 2 aromatic carbocycles. The van der Waals surface area contributed by atoms with Crippen molar-refractivity contribution in [3.63, 3.8) is 0 Å². The molecule has 1 aliphatic rings. The summed E-state index contributed by atoms with van der Waals surface area (Å²) in [5, 5.41) is 3.21. The maximum atomic E-state index is 5.93. The minimum absolute atomic E-state index is 0.525. The van der Waals surface area contributed by atoms with Gasteiger partial charge in [-0.1, -0.05) is 48.9 Å². The van der Waals surface area contributed by atoms with Crippen molar-refractivity contribution in [2.45, 2.75) is 32.4 Å². The van der Waals surface area contributed by atoms with Gasteiger partial charge < -0.3 is 15.8 Å². The second-order valence-electron chi connectivity index (χ2n) is 6.30. The van der Waals surface area contributed by atoms with Crippen LogP contribution in [0.2, 0.25) is 0 Å². The number of aliphatic imine (C=N–C) groups is 1. The number of nitrogens with one attached hydrogen (secondary N) is 1. The van der Waals surface area contributed by atoms with Gasteiger partial charge in [-0.3, -0.25) is 0 Å². The van der Waals surface area contributed by atoms with Crippen molar-refractivity contribution in [2.75, 3.05) is 6.54 Å². The Bertz CT molecular complexity index is 666. The molecule has 1 aliphatic carbocycles. The monoisotopic (exact) mass is 323 g/mol. The van der Waals surface area contributed by atoms with Crippen LogP contribution in [0.4, 0.5) is 0 Å². The van der Waals surface area contributed by atoms with Crippen LogP contribution in [0.25, 0.3) is 0 Å². The minimum Gasteiger partial charge on any atom is -0.489 e. The topological polar surface area (TPSA) is 59.6 Å². The van der Waals surface area contributed by atoms with Crippen molar-refractivity contribution in [1.29, 1.82) is 0 Å². The Hall–Kier alpha value is -2.49. The first kappa shape index (κ1) is 16.4. The van der Waals surface area contributed by atoms with Crippen LogP contribution < -0.4 is 15.8 Å². The zero-order valence-electron chi connectivity index (χ0n) is 13.9. The van der Waals surface area contributed by atoms with Crippen molar-refractivity contribution < 1.29 is 4.74 Å². The van der Waals surface area contributed by atoms with E-state index in [4.69, 9.17) is 10.5 Å². The van der Waals surface area contributed by atoms with Crippen molar-refractivity contribution >= 4 is 5.96 Å². The smallest absolute Gasteiger partial charge is 0.188 e. The summed E-state index contributed by atoms with van der Waals surface area (Å²) in [7, 11) is 0. The van der Waals surface area contributed by atoms with E-state index in [0.29, 0.717) is 19.1 Å². The molecule has 3 N–H and O–H groups in total. The molecule has 126 valence electrons. The summed E-state index contributed by atoms with van der Waals surface area (Å²) in [6.45, 7) is 2.07. The van der Waals surface area contributed by atoms with Gasteiger partial charge in [-0.25, -0.2) is 4.99 Å². The van der Waals surface area contributed by atoms with E-state index in [1.165, 1.54) is 19.3 Å². The van der Waals surface area contributed by atoms with Crippen LogP contribution in [0.15, 0.2) is 59.6 Å². The lowest BCUT2D eigenvalue weighted by molar-refractivity contribution is 0.306. The molecule has 0 aromatic heterocycles. The molecule has 0 unspecified atom stereocenters. The van der Waals surface area contributed by atoms with Crippen LogP contribution in [-0.2, 0) is 13.2 Å². The summed E-state index contributed by atoms with van der Waals surface area (Å²) >= 11 is 0. The maximum absolute atomic E-state index is 5.93. The van der Waals surface area contributed by atoms with E-state index >= 15 is 0 Å². The van der Waals surface area contributed by atoms with Crippen LogP contribution >= 0.6 is 0 Å². The Labute approximate surface area is 143 Å². The van der Waals surface area contributed by atoms with Gasteiger partial charge in [0.05, 0.1) is 6.54 Å². The fraction of sp³-hybridized carbons (Fsp3) is 0.350. The summed E-state index contributed by atoms with van der Waals surface area (Å²) in [6, 6.07) is 18.2. The van der Waals surface area contributed by atoms with E-state index in [0.717, 1.165) is 29.3 Å². The fourth-order valence-corrected chi connectivity index (χ4v) is 2.65. The molecule has 0 amide bonds. The van der Waals surface area contributed by atoms with E-state index in [2.05, 4.69) is 22.4 Å². The first-order valence-corrected chi connectivity index (χ1v) is 8.59. The van der Waals surface area contributed by atoms with Gasteiger partial charge in [0.2, 0.25) is 0 Å². The molecule has 3 rings (SSSR count). The molecule has 0 aliphatic heterocycles. The van der Waals surface area contributed by atoms with Crippen LogP contribution in [0.5, 0.6) is 5.75 Å². The number of hydrogen-bond acceptors (Lipinski definition) is 2. The lowest BCUT2D eigenvalue weighted by Gasteiger charge is -2.25. The average molecular weight is 323 g/mol. The summed E-state index contributed by atoms with van der Waals surface area (Å²) < 4.78 is 5.85. The molecule has 4 heteroatoms.